The summed E-state index contributed by atoms with van der Waals surface area (Å²) in [6.45, 7) is 3.52. The molecular formula is C27H36FN4O8P. The number of benzene rings is 2. The van der Waals surface area contributed by atoms with Crippen molar-refractivity contribution in [2.45, 2.75) is 26.3 Å². The van der Waals surface area contributed by atoms with Gasteiger partial charge in [-0.2, -0.15) is 0 Å². The van der Waals surface area contributed by atoms with Gasteiger partial charge in [-0.15, -0.1) is 0 Å². The van der Waals surface area contributed by atoms with Crippen LogP contribution in [0.15, 0.2) is 42.5 Å². The van der Waals surface area contributed by atoms with E-state index in [0.717, 1.165) is 16.1 Å². The summed E-state index contributed by atoms with van der Waals surface area (Å²) in [6.07, 6.45) is 0.322. The number of ether oxygens (including phenoxy) is 1. The van der Waals surface area contributed by atoms with Gasteiger partial charge in [-0.3, -0.25) is 29.2 Å². The van der Waals surface area contributed by atoms with E-state index in [9.17, 15) is 28.5 Å². The third kappa shape index (κ3) is 8.65. The lowest BCUT2D eigenvalue weighted by molar-refractivity contribution is -0.156. The van der Waals surface area contributed by atoms with Gasteiger partial charge in [0.15, 0.2) is 11.8 Å². The minimum Gasteiger partial charge on any atom is -0.383 e. The van der Waals surface area contributed by atoms with Crippen LogP contribution in [0.3, 0.4) is 0 Å². The number of nitrogens with zero attached hydrogens (tertiary/aromatic N) is 2. The number of anilines is 1. The van der Waals surface area contributed by atoms with Crippen LogP contribution in [-0.4, -0.2) is 86.7 Å². The van der Waals surface area contributed by atoms with E-state index in [1.165, 1.54) is 25.3 Å². The van der Waals surface area contributed by atoms with Gasteiger partial charge >= 0.3 is 7.60 Å². The van der Waals surface area contributed by atoms with E-state index >= 15 is 0 Å². The molecule has 0 aliphatic carbocycles. The first-order valence-electron chi connectivity index (χ1n) is 13.2. The number of nitrogens with one attached hydrogen (secondary N) is 2. The van der Waals surface area contributed by atoms with Crippen molar-refractivity contribution in [2.75, 3.05) is 57.7 Å². The van der Waals surface area contributed by atoms with Gasteiger partial charge in [0.25, 0.3) is 0 Å². The second kappa shape index (κ2) is 15.2. The Morgan fingerprint density at radius 1 is 1.02 bits per heavy atom. The molecule has 1 unspecified atom stereocenters. The second-order valence-electron chi connectivity index (χ2n) is 9.10. The minimum absolute atomic E-state index is 0.0350. The quantitative estimate of drug-likeness (QED) is 0.160. The van der Waals surface area contributed by atoms with Crippen LogP contribution in [0.25, 0.3) is 0 Å². The number of hydrogen-bond acceptors (Lipinski definition) is 10. The highest BCUT2D eigenvalue weighted by molar-refractivity contribution is 7.53. The third-order valence-electron chi connectivity index (χ3n) is 6.16. The predicted octanol–water partition coefficient (Wildman–Crippen LogP) is 2.54. The number of hydroxylamine groups is 1. The van der Waals surface area contributed by atoms with E-state index < -0.39 is 37.8 Å². The largest absolute Gasteiger partial charge is 0.383 e. The highest BCUT2D eigenvalue weighted by atomic mass is 31.2. The van der Waals surface area contributed by atoms with Gasteiger partial charge in [-0.25, -0.2) is 4.39 Å². The molecule has 0 radical (unpaired) electrons. The Bertz CT molecular complexity index is 1250. The second-order valence-corrected chi connectivity index (χ2v) is 11.3. The lowest BCUT2D eigenvalue weighted by Crippen LogP contribution is -2.62. The molecule has 2 amide bonds. The van der Waals surface area contributed by atoms with Crippen LogP contribution >= 0.6 is 7.60 Å². The number of hydrazine groups is 1. The molecule has 0 fully saturated rings. The van der Waals surface area contributed by atoms with Gasteiger partial charge in [0.05, 0.1) is 31.7 Å². The molecule has 1 aliphatic heterocycles. The molecule has 0 bridgehead atoms. The van der Waals surface area contributed by atoms with Gasteiger partial charge in [-0.1, -0.05) is 23.4 Å². The summed E-state index contributed by atoms with van der Waals surface area (Å²) in [5.74, 6) is -2.37. The Balaban J connectivity index is 1.85. The molecule has 1 aliphatic rings. The topological polar surface area (TPSA) is 147 Å². The molecule has 0 saturated carbocycles. The Morgan fingerprint density at radius 2 is 1.68 bits per heavy atom. The van der Waals surface area contributed by atoms with Crippen LogP contribution in [0.5, 0.6) is 0 Å². The monoisotopic (exact) mass is 594 g/mol. The van der Waals surface area contributed by atoms with E-state index in [2.05, 4.69) is 10.6 Å². The van der Waals surface area contributed by atoms with Gasteiger partial charge in [0.1, 0.15) is 12.4 Å². The average Bonchev–Trinajstić information content (AvgIpc) is 2.93. The maximum absolute atomic E-state index is 13.4. The maximum atomic E-state index is 13.4. The Hall–Kier alpha value is -3.19. The fourth-order valence-electron chi connectivity index (χ4n) is 4.29. The standard InChI is InChI=1S/C27H36FN4O8P/c1-4-39-41(37,40-5-2)15-13-29-24(33)18-31-23-17-20(16-19-6-9-21(28)10-7-19)8-11-22(23)26(34)25(32(31)36)27(35)30-12-14-38-3/h6-11,17,25,36H,4-5,12-16,18H2,1-3H3,(H,29,33)(H,30,35). The molecule has 2 aromatic rings. The molecule has 0 spiro atoms. The first kappa shape index (κ1) is 32.3. The highest BCUT2D eigenvalue weighted by Crippen LogP contribution is 2.47. The number of carbonyl (C=O) groups is 3. The maximum Gasteiger partial charge on any atom is 0.332 e. The van der Waals surface area contributed by atoms with Crippen LogP contribution < -0.4 is 15.6 Å². The van der Waals surface area contributed by atoms with Crippen LogP contribution in [0.2, 0.25) is 0 Å². The van der Waals surface area contributed by atoms with E-state index in [-0.39, 0.29) is 56.1 Å². The number of rotatable bonds is 15. The number of ketones is 1. The molecule has 12 nitrogen and oxygen atoms in total. The van der Waals surface area contributed by atoms with Crippen molar-refractivity contribution >= 4 is 30.9 Å². The van der Waals surface area contributed by atoms with Crippen molar-refractivity contribution in [1.29, 1.82) is 0 Å². The van der Waals surface area contributed by atoms with Crippen molar-refractivity contribution in [1.82, 2.24) is 15.8 Å². The van der Waals surface area contributed by atoms with Crippen LogP contribution in [-0.2, 0) is 34.4 Å². The molecular weight excluding hydrogens is 558 g/mol. The van der Waals surface area contributed by atoms with Gasteiger partial charge < -0.3 is 24.4 Å². The smallest absolute Gasteiger partial charge is 0.332 e. The van der Waals surface area contributed by atoms with Crippen LogP contribution in [0.4, 0.5) is 10.1 Å². The number of methoxy groups -OCH3 is 1. The van der Waals surface area contributed by atoms with Crippen LogP contribution in [0.1, 0.15) is 35.3 Å². The van der Waals surface area contributed by atoms with Gasteiger partial charge in [0.2, 0.25) is 11.8 Å². The molecule has 1 heterocycles. The normalized spacial score (nSPS) is 15.5. The van der Waals surface area contributed by atoms with Crippen molar-refractivity contribution in [2.24, 2.45) is 0 Å². The fourth-order valence-corrected chi connectivity index (χ4v) is 5.79. The summed E-state index contributed by atoms with van der Waals surface area (Å²) in [4.78, 5) is 39.1. The number of carbonyl (C=O) groups excluding carboxylic acids is 3. The van der Waals surface area contributed by atoms with E-state index in [0.29, 0.717) is 11.6 Å². The molecule has 2 aromatic carbocycles. The molecule has 0 aromatic heterocycles. The Kier molecular flexibility index (Phi) is 11.9. The lowest BCUT2D eigenvalue weighted by Gasteiger charge is -2.40. The third-order valence-corrected chi connectivity index (χ3v) is 8.23. The number of hydrogen-bond donors (Lipinski definition) is 3. The molecule has 14 heteroatoms. The van der Waals surface area contributed by atoms with E-state index in [1.807, 2.05) is 0 Å². The Labute approximate surface area is 238 Å². The number of fused-ring (bicyclic) bond motifs is 1. The SMILES string of the molecule is CCOP(=O)(CCNC(=O)CN1c2cc(Cc3ccc(F)cc3)ccc2C(=O)C(C(=O)NCCOC)N1O)OCC. The summed E-state index contributed by atoms with van der Waals surface area (Å²) in [5, 5.41) is 17.8. The summed E-state index contributed by atoms with van der Waals surface area (Å²) in [6, 6.07) is 9.16. The minimum atomic E-state index is -3.39. The first-order valence-corrected chi connectivity index (χ1v) is 14.9. The summed E-state index contributed by atoms with van der Waals surface area (Å²) in [5.41, 5.74) is 1.87. The predicted molar refractivity (Wildman–Crippen MR) is 148 cm³/mol. The van der Waals surface area contributed by atoms with Crippen molar-refractivity contribution < 1.29 is 42.3 Å². The van der Waals surface area contributed by atoms with Crippen LogP contribution in [0, 0.1) is 5.82 Å². The zero-order chi connectivity index (χ0) is 30.0. The number of amides is 2. The van der Waals surface area contributed by atoms with Gasteiger partial charge in [-0.05, 0) is 55.7 Å². The lowest BCUT2D eigenvalue weighted by atomic mass is 9.95. The number of Topliss-reactive ketones (excluding diaryl/α,β-unsaturated/α-hetero) is 1. The first-order chi connectivity index (χ1) is 19.6. The fraction of sp³-hybridized carbons (Fsp3) is 0.444. The molecule has 224 valence electrons. The van der Waals surface area contributed by atoms with Crippen molar-refractivity contribution in [3.63, 3.8) is 0 Å². The van der Waals surface area contributed by atoms with Crippen molar-refractivity contribution in [3.05, 3.63) is 65.0 Å². The van der Waals surface area contributed by atoms with Crippen molar-refractivity contribution in [3.8, 4) is 0 Å². The zero-order valence-corrected chi connectivity index (χ0v) is 24.2. The molecule has 3 rings (SSSR count). The summed E-state index contributed by atoms with van der Waals surface area (Å²) in [7, 11) is -1.93. The summed E-state index contributed by atoms with van der Waals surface area (Å²) >= 11 is 0. The Morgan fingerprint density at radius 3 is 2.32 bits per heavy atom. The molecule has 0 saturated heterocycles. The van der Waals surface area contributed by atoms with E-state index in [4.69, 9.17) is 13.8 Å². The van der Waals surface area contributed by atoms with E-state index in [1.54, 1.807) is 38.1 Å². The molecule has 41 heavy (non-hydrogen) atoms. The average molecular weight is 595 g/mol. The summed E-state index contributed by atoms with van der Waals surface area (Å²) < 4.78 is 41.5. The van der Waals surface area contributed by atoms with Gasteiger partial charge in [0, 0.05) is 25.8 Å². The molecule has 1 atom stereocenters. The number of halogens is 1. The highest BCUT2D eigenvalue weighted by Gasteiger charge is 2.43. The molecule has 3 N–H and O–H groups in total. The zero-order valence-electron chi connectivity index (χ0n) is 23.3.